The average molecular weight is 201 g/mol. The molecule has 1 aromatic heterocycles. The zero-order valence-corrected chi connectivity index (χ0v) is 8.21. The molecule has 1 saturated heterocycles. The topological polar surface area (TPSA) is 68.7 Å². The maximum Gasteiger partial charge on any atom is 0.266 e. The molecule has 3 rings (SSSR count). The summed E-state index contributed by atoms with van der Waals surface area (Å²) >= 11 is 0. The van der Waals surface area contributed by atoms with Crippen LogP contribution in [-0.4, -0.2) is 11.0 Å². The lowest BCUT2D eigenvalue weighted by Gasteiger charge is -2.24. The van der Waals surface area contributed by atoms with Gasteiger partial charge in [-0.15, -0.1) is 0 Å². The molecule has 2 aliphatic rings. The van der Waals surface area contributed by atoms with Crippen LogP contribution in [0.3, 0.4) is 0 Å². The van der Waals surface area contributed by atoms with Gasteiger partial charge in [-0.3, -0.25) is 4.79 Å². The third kappa shape index (κ3) is 1.20. The fourth-order valence-corrected chi connectivity index (χ4v) is 2.62. The molecule has 4 heteroatoms. The summed E-state index contributed by atoms with van der Waals surface area (Å²) in [5.74, 6) is 0. The second-order valence-electron chi connectivity index (χ2n) is 4.26. The van der Waals surface area contributed by atoms with E-state index in [1.54, 1.807) is 6.07 Å². The highest BCUT2D eigenvalue weighted by Gasteiger charge is 2.32. The second kappa shape index (κ2) is 2.94. The highest BCUT2D eigenvalue weighted by Crippen LogP contribution is 2.34. The molecule has 0 aliphatic carbocycles. The van der Waals surface area contributed by atoms with Gasteiger partial charge in [0.05, 0.1) is 0 Å². The standard InChI is InChI=1S/C11H11N3O/c12-5-6-3-8-9-2-1-7(13-9)4-10(8)14-11(6)15/h3,7,9,13H,1-2,4H2,(H,14,15). The van der Waals surface area contributed by atoms with Gasteiger partial charge in [0.25, 0.3) is 5.56 Å². The van der Waals surface area contributed by atoms with E-state index in [2.05, 4.69) is 10.3 Å². The Bertz CT molecular complexity index is 512. The fourth-order valence-electron chi connectivity index (χ4n) is 2.62. The molecule has 1 fully saturated rings. The van der Waals surface area contributed by atoms with Gasteiger partial charge in [-0.2, -0.15) is 5.26 Å². The van der Waals surface area contributed by atoms with Gasteiger partial charge in [0.1, 0.15) is 11.6 Å². The van der Waals surface area contributed by atoms with Crippen LogP contribution in [0.5, 0.6) is 0 Å². The van der Waals surface area contributed by atoms with E-state index in [1.165, 1.54) is 0 Å². The second-order valence-corrected chi connectivity index (χ2v) is 4.26. The van der Waals surface area contributed by atoms with E-state index in [0.29, 0.717) is 12.1 Å². The first kappa shape index (κ1) is 8.69. The minimum Gasteiger partial charge on any atom is -0.325 e. The van der Waals surface area contributed by atoms with Crippen molar-refractivity contribution in [1.29, 1.82) is 5.26 Å². The molecule has 2 atom stereocenters. The fraction of sp³-hybridized carbons (Fsp3) is 0.455. The number of rotatable bonds is 0. The molecule has 2 aliphatic heterocycles. The van der Waals surface area contributed by atoms with Crippen molar-refractivity contribution in [3.05, 3.63) is 33.2 Å². The number of nitrogens with one attached hydrogen (secondary N) is 2. The van der Waals surface area contributed by atoms with Gasteiger partial charge in [-0.25, -0.2) is 0 Å². The van der Waals surface area contributed by atoms with Gasteiger partial charge in [-0.05, 0) is 24.5 Å². The Morgan fingerprint density at radius 3 is 3.13 bits per heavy atom. The third-order valence-corrected chi connectivity index (χ3v) is 3.34. The monoisotopic (exact) mass is 201 g/mol. The number of aromatic amines is 1. The lowest BCUT2D eigenvalue weighted by molar-refractivity contribution is 0.505. The smallest absolute Gasteiger partial charge is 0.266 e. The molecule has 76 valence electrons. The molecule has 4 nitrogen and oxygen atoms in total. The van der Waals surface area contributed by atoms with E-state index < -0.39 is 0 Å². The summed E-state index contributed by atoms with van der Waals surface area (Å²) < 4.78 is 0. The van der Waals surface area contributed by atoms with Gasteiger partial charge < -0.3 is 10.3 Å². The molecule has 2 bridgehead atoms. The summed E-state index contributed by atoms with van der Waals surface area (Å²) in [7, 11) is 0. The van der Waals surface area contributed by atoms with Crippen molar-refractivity contribution in [1.82, 2.24) is 10.3 Å². The number of H-pyrrole nitrogens is 1. The third-order valence-electron chi connectivity index (χ3n) is 3.34. The van der Waals surface area contributed by atoms with Crippen LogP contribution in [0.4, 0.5) is 0 Å². The van der Waals surface area contributed by atoms with Crippen molar-refractivity contribution in [2.45, 2.75) is 31.3 Å². The van der Waals surface area contributed by atoms with E-state index in [4.69, 9.17) is 5.26 Å². The maximum absolute atomic E-state index is 11.5. The minimum atomic E-state index is -0.252. The van der Waals surface area contributed by atoms with Crippen LogP contribution in [0.2, 0.25) is 0 Å². The average Bonchev–Trinajstić information content (AvgIpc) is 2.61. The van der Waals surface area contributed by atoms with Crippen LogP contribution < -0.4 is 10.9 Å². The number of fused-ring (bicyclic) bond motifs is 4. The lowest BCUT2D eigenvalue weighted by atomic mass is 9.99. The molecule has 0 spiro atoms. The molecule has 0 aromatic carbocycles. The van der Waals surface area contributed by atoms with E-state index >= 15 is 0 Å². The molecule has 3 heterocycles. The molecular formula is C11H11N3O. The SMILES string of the molecule is N#Cc1cc2c([nH]c1=O)CC1CCC2N1. The summed E-state index contributed by atoms with van der Waals surface area (Å²) in [5, 5.41) is 12.3. The van der Waals surface area contributed by atoms with Crippen molar-refractivity contribution in [2.24, 2.45) is 0 Å². The number of nitrogens with zero attached hydrogens (tertiary/aromatic N) is 1. The molecule has 15 heavy (non-hydrogen) atoms. The molecule has 2 N–H and O–H groups in total. The Labute approximate surface area is 86.9 Å². The molecule has 0 amide bonds. The summed E-state index contributed by atoms with van der Waals surface area (Å²) in [6.45, 7) is 0. The maximum atomic E-state index is 11.5. The zero-order chi connectivity index (χ0) is 10.4. The number of aromatic nitrogens is 1. The van der Waals surface area contributed by atoms with Gasteiger partial charge in [0.15, 0.2) is 0 Å². The summed E-state index contributed by atoms with van der Waals surface area (Å²) in [4.78, 5) is 14.3. The molecule has 2 unspecified atom stereocenters. The van der Waals surface area contributed by atoms with E-state index in [9.17, 15) is 4.79 Å². The highest BCUT2D eigenvalue weighted by atomic mass is 16.1. The van der Waals surface area contributed by atoms with Crippen LogP contribution in [0.1, 0.15) is 35.7 Å². The van der Waals surface area contributed by atoms with Crippen molar-refractivity contribution >= 4 is 0 Å². The van der Waals surface area contributed by atoms with Crippen LogP contribution in [-0.2, 0) is 6.42 Å². The summed E-state index contributed by atoms with van der Waals surface area (Å²) in [6.07, 6.45) is 3.14. The lowest BCUT2D eigenvalue weighted by Crippen LogP contribution is -2.34. The predicted molar refractivity (Wildman–Crippen MR) is 54.4 cm³/mol. The Morgan fingerprint density at radius 1 is 1.47 bits per heavy atom. The van der Waals surface area contributed by atoms with Crippen LogP contribution in [0, 0.1) is 11.3 Å². The van der Waals surface area contributed by atoms with E-state index in [1.807, 2.05) is 6.07 Å². The largest absolute Gasteiger partial charge is 0.325 e. The van der Waals surface area contributed by atoms with Gasteiger partial charge in [0.2, 0.25) is 0 Å². The van der Waals surface area contributed by atoms with Crippen LogP contribution in [0.15, 0.2) is 10.9 Å². The predicted octanol–water partition coefficient (Wildman–Crippen LogP) is 0.596. The van der Waals surface area contributed by atoms with Gasteiger partial charge in [-0.1, -0.05) is 0 Å². The number of nitriles is 1. The first-order chi connectivity index (χ1) is 7.28. The number of pyridine rings is 1. The van der Waals surface area contributed by atoms with E-state index in [-0.39, 0.29) is 11.1 Å². The van der Waals surface area contributed by atoms with Crippen LogP contribution >= 0.6 is 0 Å². The Morgan fingerprint density at radius 2 is 2.33 bits per heavy atom. The van der Waals surface area contributed by atoms with E-state index in [0.717, 1.165) is 30.5 Å². The Balaban J connectivity index is 2.20. The molecule has 0 saturated carbocycles. The molecule has 0 radical (unpaired) electrons. The van der Waals surface area contributed by atoms with Crippen molar-refractivity contribution < 1.29 is 0 Å². The molecular weight excluding hydrogens is 190 g/mol. The first-order valence-corrected chi connectivity index (χ1v) is 5.20. The zero-order valence-electron chi connectivity index (χ0n) is 8.21. The normalized spacial score (nSPS) is 27.1. The van der Waals surface area contributed by atoms with Crippen molar-refractivity contribution in [3.8, 4) is 6.07 Å². The van der Waals surface area contributed by atoms with Gasteiger partial charge >= 0.3 is 0 Å². The summed E-state index contributed by atoms with van der Waals surface area (Å²) in [6, 6.07) is 4.52. The first-order valence-electron chi connectivity index (χ1n) is 5.20. The van der Waals surface area contributed by atoms with Gasteiger partial charge in [0, 0.05) is 24.2 Å². The summed E-state index contributed by atoms with van der Waals surface area (Å²) in [5.41, 5.74) is 2.10. The van der Waals surface area contributed by atoms with Crippen LogP contribution in [0.25, 0.3) is 0 Å². The van der Waals surface area contributed by atoms with Crippen molar-refractivity contribution in [3.63, 3.8) is 0 Å². The Kier molecular flexibility index (Phi) is 1.70. The highest BCUT2D eigenvalue weighted by molar-refractivity contribution is 5.37. The minimum absolute atomic E-state index is 0.223. The number of hydrogen-bond donors (Lipinski definition) is 2. The Hall–Kier alpha value is -1.60. The molecule has 1 aromatic rings. The quantitative estimate of drug-likeness (QED) is 0.645. The van der Waals surface area contributed by atoms with Crippen molar-refractivity contribution in [2.75, 3.05) is 0 Å². The number of hydrogen-bond acceptors (Lipinski definition) is 3.